The second-order valence-electron chi connectivity index (χ2n) is 5.34. The fourth-order valence-electron chi connectivity index (χ4n) is 2.61. The number of H-pyrrole nitrogens is 1. The summed E-state index contributed by atoms with van der Waals surface area (Å²) in [6.45, 7) is 2.25. The minimum absolute atomic E-state index is 0.0838. The zero-order valence-electron chi connectivity index (χ0n) is 12.9. The normalized spacial score (nSPS) is 10.7. The topological polar surface area (TPSA) is 56.2 Å². The number of nitrogens with one attached hydrogen (secondary N) is 1. The lowest BCUT2D eigenvalue weighted by Gasteiger charge is -1.90. The summed E-state index contributed by atoms with van der Waals surface area (Å²) in [6.07, 6.45) is 0. The molecule has 0 bridgehead atoms. The summed E-state index contributed by atoms with van der Waals surface area (Å²) in [5.41, 5.74) is 3.16. The molecule has 2 aromatic carbocycles. The summed E-state index contributed by atoms with van der Waals surface area (Å²) in [5, 5.41) is 20.3. The zero-order chi connectivity index (χ0) is 16.2. The van der Waals surface area contributed by atoms with Crippen molar-refractivity contribution in [1.82, 2.24) is 4.98 Å². The third-order valence-corrected chi connectivity index (χ3v) is 4.96. The number of aryl methyl sites for hydroxylation is 1. The Morgan fingerprint density at radius 2 is 1.70 bits per heavy atom. The number of thiophene rings is 1. The summed E-state index contributed by atoms with van der Waals surface area (Å²) in [5.74, 6) is 0. The molecular formula is C19H19NO2S. The Labute approximate surface area is 138 Å². The predicted octanol–water partition coefficient (Wildman–Crippen LogP) is 4.36. The lowest BCUT2D eigenvalue weighted by atomic mass is 10.1. The van der Waals surface area contributed by atoms with Gasteiger partial charge in [-0.2, -0.15) is 0 Å². The van der Waals surface area contributed by atoms with Crippen LogP contribution in [0.5, 0.6) is 0 Å². The molecule has 0 atom stereocenters. The molecule has 3 nitrogen and oxygen atoms in total. The molecule has 2 heterocycles. The molecule has 0 spiro atoms. The molecule has 0 saturated carbocycles. The molecule has 0 amide bonds. The van der Waals surface area contributed by atoms with Crippen LogP contribution >= 0.6 is 11.3 Å². The van der Waals surface area contributed by atoms with E-state index in [2.05, 4.69) is 23.2 Å². The summed E-state index contributed by atoms with van der Waals surface area (Å²) in [6, 6.07) is 18.2. The van der Waals surface area contributed by atoms with Crippen LogP contribution in [0.15, 0.2) is 54.6 Å². The lowest BCUT2D eigenvalue weighted by molar-refractivity contribution is 0.277. The van der Waals surface area contributed by atoms with Crippen molar-refractivity contribution in [3.05, 3.63) is 70.7 Å². The van der Waals surface area contributed by atoms with Gasteiger partial charge in [0, 0.05) is 26.2 Å². The van der Waals surface area contributed by atoms with Crippen LogP contribution in [0.1, 0.15) is 16.1 Å². The minimum Gasteiger partial charge on any atom is -0.391 e. The molecule has 4 heteroatoms. The van der Waals surface area contributed by atoms with E-state index in [1.54, 1.807) is 11.3 Å². The Bertz CT molecular complexity index is 890. The maximum atomic E-state index is 8.99. The van der Waals surface area contributed by atoms with Crippen molar-refractivity contribution >= 4 is 32.3 Å². The molecule has 3 N–H and O–H groups in total. The third kappa shape index (κ3) is 3.29. The average Bonchev–Trinajstić information content (AvgIpc) is 3.16. The highest BCUT2D eigenvalue weighted by molar-refractivity contribution is 7.19. The predicted molar refractivity (Wildman–Crippen MR) is 96.7 cm³/mol. The van der Waals surface area contributed by atoms with E-state index in [1.165, 1.54) is 15.5 Å². The lowest BCUT2D eigenvalue weighted by Crippen LogP contribution is -1.83. The quantitative estimate of drug-likeness (QED) is 0.513. The fraction of sp³-hybridized carbons (Fsp3) is 0.158. The second kappa shape index (κ2) is 6.96. The van der Waals surface area contributed by atoms with Crippen molar-refractivity contribution in [2.75, 3.05) is 0 Å². The number of aromatic nitrogens is 1. The van der Waals surface area contributed by atoms with Crippen LogP contribution in [0.25, 0.3) is 21.0 Å². The highest BCUT2D eigenvalue weighted by Gasteiger charge is 2.04. The molecule has 0 radical (unpaired) electrons. The van der Waals surface area contributed by atoms with Crippen LogP contribution < -0.4 is 0 Å². The number of hydrogen-bond acceptors (Lipinski definition) is 3. The molecule has 4 aromatic rings. The van der Waals surface area contributed by atoms with E-state index in [1.807, 2.05) is 43.3 Å². The Hall–Kier alpha value is -2.14. The van der Waals surface area contributed by atoms with Gasteiger partial charge in [0.05, 0.1) is 13.2 Å². The molecule has 0 aliphatic heterocycles. The van der Waals surface area contributed by atoms with Gasteiger partial charge in [-0.1, -0.05) is 36.4 Å². The maximum Gasteiger partial charge on any atom is 0.0833 e. The first-order valence-corrected chi connectivity index (χ1v) is 8.30. The maximum absolute atomic E-state index is 8.99. The smallest absolute Gasteiger partial charge is 0.0833 e. The third-order valence-electron chi connectivity index (χ3n) is 3.86. The highest BCUT2D eigenvalue weighted by Crippen LogP contribution is 2.24. The van der Waals surface area contributed by atoms with E-state index < -0.39 is 0 Å². The van der Waals surface area contributed by atoms with Crippen molar-refractivity contribution in [1.29, 1.82) is 0 Å². The van der Waals surface area contributed by atoms with Gasteiger partial charge in [-0.15, -0.1) is 11.3 Å². The highest BCUT2D eigenvalue weighted by atomic mass is 32.1. The number of aromatic amines is 1. The number of rotatable bonds is 2. The van der Waals surface area contributed by atoms with E-state index >= 15 is 0 Å². The van der Waals surface area contributed by atoms with E-state index in [4.69, 9.17) is 10.2 Å². The number of hydrogen-bond donors (Lipinski definition) is 3. The zero-order valence-corrected chi connectivity index (χ0v) is 13.7. The van der Waals surface area contributed by atoms with Crippen LogP contribution in [0.2, 0.25) is 0 Å². The molecule has 0 saturated heterocycles. The van der Waals surface area contributed by atoms with Crippen LogP contribution in [0, 0.1) is 6.92 Å². The summed E-state index contributed by atoms with van der Waals surface area (Å²) in [7, 11) is 0. The molecule has 0 aliphatic carbocycles. The number of aliphatic hydroxyl groups is 2. The van der Waals surface area contributed by atoms with Gasteiger partial charge in [0.2, 0.25) is 0 Å². The van der Waals surface area contributed by atoms with Gasteiger partial charge in [0.25, 0.3) is 0 Å². The second-order valence-corrected chi connectivity index (χ2v) is 6.51. The van der Waals surface area contributed by atoms with Crippen molar-refractivity contribution < 1.29 is 10.2 Å². The van der Waals surface area contributed by atoms with Crippen LogP contribution in [-0.2, 0) is 13.2 Å². The van der Waals surface area contributed by atoms with E-state index in [0.717, 1.165) is 21.7 Å². The molecule has 0 unspecified atom stereocenters. The molecule has 118 valence electrons. The largest absolute Gasteiger partial charge is 0.391 e. The van der Waals surface area contributed by atoms with Crippen molar-refractivity contribution in [2.24, 2.45) is 0 Å². The Morgan fingerprint density at radius 1 is 0.957 bits per heavy atom. The fourth-order valence-corrected chi connectivity index (χ4v) is 3.54. The molecule has 0 aliphatic rings. The first kappa shape index (κ1) is 15.7. The molecule has 2 aromatic heterocycles. The SMILES string of the molecule is Cc1c(CO)[nH]c2ccccc12.OCc1cc2ccccc2s1. The van der Waals surface area contributed by atoms with E-state index in [-0.39, 0.29) is 13.2 Å². The minimum atomic E-state index is 0.0838. The van der Waals surface area contributed by atoms with Gasteiger partial charge >= 0.3 is 0 Å². The standard InChI is InChI=1S/C10H11NO.C9H8OS/c1-7-8-4-2-3-5-9(8)11-10(7)6-12;10-6-8-5-7-3-1-2-4-9(7)11-8/h2-5,11-12H,6H2,1H3;1-5,10H,6H2. The molecular weight excluding hydrogens is 306 g/mol. The molecule has 0 fully saturated rings. The number of aliphatic hydroxyl groups excluding tert-OH is 2. The van der Waals surface area contributed by atoms with Gasteiger partial charge in [-0.25, -0.2) is 0 Å². The van der Waals surface area contributed by atoms with E-state index in [0.29, 0.717) is 0 Å². The van der Waals surface area contributed by atoms with Crippen molar-refractivity contribution in [3.63, 3.8) is 0 Å². The van der Waals surface area contributed by atoms with Gasteiger partial charge in [0.15, 0.2) is 0 Å². The number of para-hydroxylation sites is 1. The van der Waals surface area contributed by atoms with Gasteiger partial charge in [-0.05, 0) is 36.1 Å². The van der Waals surface area contributed by atoms with E-state index in [9.17, 15) is 0 Å². The Morgan fingerprint density at radius 3 is 2.39 bits per heavy atom. The average molecular weight is 325 g/mol. The van der Waals surface area contributed by atoms with Gasteiger partial charge < -0.3 is 15.2 Å². The molecule has 4 rings (SSSR count). The number of benzene rings is 2. The summed E-state index contributed by atoms with van der Waals surface area (Å²) >= 11 is 1.65. The van der Waals surface area contributed by atoms with Crippen molar-refractivity contribution in [3.8, 4) is 0 Å². The Kier molecular flexibility index (Phi) is 4.76. The molecule has 23 heavy (non-hydrogen) atoms. The van der Waals surface area contributed by atoms with Crippen LogP contribution in [0.3, 0.4) is 0 Å². The Balaban J connectivity index is 0.000000136. The first-order chi connectivity index (χ1) is 11.2. The van der Waals surface area contributed by atoms with Crippen LogP contribution in [0.4, 0.5) is 0 Å². The van der Waals surface area contributed by atoms with Gasteiger partial charge in [0.1, 0.15) is 0 Å². The summed E-state index contributed by atoms with van der Waals surface area (Å²) < 4.78 is 1.25. The first-order valence-electron chi connectivity index (χ1n) is 7.48. The monoisotopic (exact) mass is 325 g/mol. The van der Waals surface area contributed by atoms with Crippen molar-refractivity contribution in [2.45, 2.75) is 20.1 Å². The number of fused-ring (bicyclic) bond motifs is 2. The summed E-state index contributed by atoms with van der Waals surface area (Å²) in [4.78, 5) is 4.20. The van der Waals surface area contributed by atoms with Crippen LogP contribution in [-0.4, -0.2) is 15.2 Å². The van der Waals surface area contributed by atoms with Gasteiger partial charge in [-0.3, -0.25) is 0 Å².